The van der Waals surface area contributed by atoms with E-state index in [0.717, 1.165) is 11.3 Å². The molecule has 3 rings (SSSR count). The molecule has 2 amide bonds. The van der Waals surface area contributed by atoms with Gasteiger partial charge in [0.05, 0.1) is 12.5 Å². The van der Waals surface area contributed by atoms with Crippen LogP contribution in [-0.2, 0) is 9.59 Å². The highest BCUT2D eigenvalue weighted by atomic mass is 16.2. The van der Waals surface area contributed by atoms with E-state index in [9.17, 15) is 9.59 Å². The van der Waals surface area contributed by atoms with Crippen molar-refractivity contribution >= 4 is 17.5 Å². The van der Waals surface area contributed by atoms with Crippen LogP contribution in [0.15, 0.2) is 24.3 Å². The number of piperazine rings is 1. The van der Waals surface area contributed by atoms with Crippen molar-refractivity contribution in [3.05, 3.63) is 29.8 Å². The molecule has 100 valence electrons. The zero-order valence-corrected chi connectivity index (χ0v) is 10.9. The second-order valence-electron chi connectivity index (χ2n) is 5.10. The molecule has 1 saturated heterocycles. The maximum absolute atomic E-state index is 12.5. The van der Waals surface area contributed by atoms with Crippen LogP contribution in [-0.4, -0.2) is 54.8 Å². The van der Waals surface area contributed by atoms with Crippen LogP contribution in [0.5, 0.6) is 0 Å². The highest BCUT2D eigenvalue weighted by molar-refractivity contribution is 5.92. The number of para-hydroxylation sites is 1. The summed E-state index contributed by atoms with van der Waals surface area (Å²) in [6.07, 6.45) is 0. The minimum Gasteiger partial charge on any atom is -0.384 e. The van der Waals surface area contributed by atoms with Crippen LogP contribution < -0.4 is 5.32 Å². The van der Waals surface area contributed by atoms with Crippen molar-refractivity contribution in [2.75, 3.05) is 38.5 Å². The van der Waals surface area contributed by atoms with Gasteiger partial charge in [-0.15, -0.1) is 0 Å². The Morgan fingerprint density at radius 2 is 2.11 bits per heavy atom. The Kier molecular flexibility index (Phi) is 2.89. The molecule has 0 aliphatic carbocycles. The fourth-order valence-corrected chi connectivity index (χ4v) is 2.67. The average Bonchev–Trinajstić information content (AvgIpc) is 2.85. The van der Waals surface area contributed by atoms with Crippen molar-refractivity contribution in [3.8, 4) is 0 Å². The first-order valence-electron chi connectivity index (χ1n) is 6.52. The molecule has 19 heavy (non-hydrogen) atoms. The fourth-order valence-electron chi connectivity index (χ4n) is 2.67. The van der Waals surface area contributed by atoms with Crippen LogP contribution in [0.3, 0.4) is 0 Å². The topological polar surface area (TPSA) is 52.6 Å². The number of rotatable bonds is 1. The third kappa shape index (κ3) is 2.05. The summed E-state index contributed by atoms with van der Waals surface area (Å²) in [5, 5.41) is 3.25. The molecule has 1 aromatic carbocycles. The van der Waals surface area contributed by atoms with Crippen LogP contribution in [0.1, 0.15) is 11.5 Å². The maximum Gasteiger partial charge on any atom is 0.241 e. The summed E-state index contributed by atoms with van der Waals surface area (Å²) < 4.78 is 0. The molecule has 0 spiro atoms. The lowest BCUT2D eigenvalue weighted by Gasteiger charge is -2.33. The van der Waals surface area contributed by atoms with Gasteiger partial charge in [0.25, 0.3) is 0 Å². The predicted molar refractivity (Wildman–Crippen MR) is 71.9 cm³/mol. The van der Waals surface area contributed by atoms with Crippen LogP contribution in [0.2, 0.25) is 0 Å². The van der Waals surface area contributed by atoms with Crippen LogP contribution >= 0.6 is 0 Å². The summed E-state index contributed by atoms with van der Waals surface area (Å²) in [5.74, 6) is -0.0925. The fraction of sp³-hybridized carbons (Fsp3) is 0.429. The Bertz CT molecular complexity index is 529. The SMILES string of the molecule is CN1CCN(C(=O)C2CNc3ccccc32)CC1=O. The minimum atomic E-state index is -0.160. The Hall–Kier alpha value is -2.04. The average molecular weight is 259 g/mol. The van der Waals surface area contributed by atoms with Crippen molar-refractivity contribution in [2.45, 2.75) is 5.92 Å². The molecule has 1 N–H and O–H groups in total. The normalized spacial score (nSPS) is 22.2. The second-order valence-corrected chi connectivity index (χ2v) is 5.10. The highest BCUT2D eigenvalue weighted by Crippen LogP contribution is 2.32. The number of hydrogen-bond donors (Lipinski definition) is 1. The van der Waals surface area contributed by atoms with Crippen molar-refractivity contribution in [2.24, 2.45) is 0 Å². The van der Waals surface area contributed by atoms with Gasteiger partial charge in [-0.2, -0.15) is 0 Å². The maximum atomic E-state index is 12.5. The van der Waals surface area contributed by atoms with Gasteiger partial charge in [-0.3, -0.25) is 9.59 Å². The number of fused-ring (bicyclic) bond motifs is 1. The number of benzene rings is 1. The number of likely N-dealkylation sites (N-methyl/N-ethyl adjacent to an activating group) is 1. The summed E-state index contributed by atoms with van der Waals surface area (Å²) in [4.78, 5) is 27.6. The molecule has 1 fully saturated rings. The molecule has 0 radical (unpaired) electrons. The lowest BCUT2D eigenvalue weighted by atomic mass is 9.99. The molecule has 1 atom stereocenters. The summed E-state index contributed by atoms with van der Waals surface area (Å²) >= 11 is 0. The van der Waals surface area contributed by atoms with E-state index >= 15 is 0 Å². The van der Waals surface area contributed by atoms with Gasteiger partial charge in [0.15, 0.2) is 0 Å². The number of amides is 2. The highest BCUT2D eigenvalue weighted by Gasteiger charge is 2.34. The predicted octanol–water partition coefficient (Wildman–Crippen LogP) is 0.496. The number of carbonyl (C=O) groups excluding carboxylic acids is 2. The van der Waals surface area contributed by atoms with E-state index in [-0.39, 0.29) is 24.3 Å². The molecule has 2 aliphatic rings. The monoisotopic (exact) mass is 259 g/mol. The molecule has 1 unspecified atom stereocenters. The van der Waals surface area contributed by atoms with Gasteiger partial charge in [0.1, 0.15) is 0 Å². The smallest absolute Gasteiger partial charge is 0.241 e. The standard InChI is InChI=1S/C14H17N3O2/c1-16-6-7-17(9-13(16)18)14(19)11-8-15-12-5-3-2-4-10(11)12/h2-5,11,15H,6-9H2,1H3. The molecular weight excluding hydrogens is 242 g/mol. The molecule has 0 aromatic heterocycles. The second kappa shape index (κ2) is 4.57. The Balaban J connectivity index is 1.77. The number of nitrogens with zero attached hydrogens (tertiary/aromatic N) is 2. The van der Waals surface area contributed by atoms with Crippen molar-refractivity contribution in [3.63, 3.8) is 0 Å². The third-order valence-corrected chi connectivity index (χ3v) is 3.90. The molecule has 2 heterocycles. The summed E-state index contributed by atoms with van der Waals surface area (Å²) in [6.45, 7) is 2.07. The first-order chi connectivity index (χ1) is 9.16. The molecular formula is C14H17N3O2. The van der Waals surface area contributed by atoms with Gasteiger partial charge < -0.3 is 15.1 Å². The Morgan fingerprint density at radius 3 is 2.89 bits per heavy atom. The lowest BCUT2D eigenvalue weighted by molar-refractivity contribution is -0.144. The van der Waals surface area contributed by atoms with E-state index in [1.165, 1.54) is 0 Å². The molecule has 5 nitrogen and oxygen atoms in total. The summed E-state index contributed by atoms with van der Waals surface area (Å²) in [7, 11) is 1.77. The molecule has 0 bridgehead atoms. The van der Waals surface area contributed by atoms with E-state index < -0.39 is 0 Å². The van der Waals surface area contributed by atoms with Crippen molar-refractivity contribution in [1.29, 1.82) is 0 Å². The molecule has 2 aliphatic heterocycles. The summed E-state index contributed by atoms with van der Waals surface area (Å²) in [5.41, 5.74) is 2.07. The Morgan fingerprint density at radius 1 is 1.32 bits per heavy atom. The number of anilines is 1. The van der Waals surface area contributed by atoms with E-state index in [1.807, 2.05) is 24.3 Å². The van der Waals surface area contributed by atoms with Gasteiger partial charge in [-0.25, -0.2) is 0 Å². The van der Waals surface area contributed by atoms with Gasteiger partial charge >= 0.3 is 0 Å². The first kappa shape index (κ1) is 12.0. The Labute approximate surface area is 112 Å². The molecule has 5 heteroatoms. The van der Waals surface area contributed by atoms with Gasteiger partial charge in [0.2, 0.25) is 11.8 Å². The lowest BCUT2D eigenvalue weighted by Crippen LogP contribution is -2.52. The van der Waals surface area contributed by atoms with E-state index in [2.05, 4.69) is 5.32 Å². The number of nitrogens with one attached hydrogen (secondary N) is 1. The van der Waals surface area contributed by atoms with Crippen LogP contribution in [0.25, 0.3) is 0 Å². The number of carbonyl (C=O) groups is 2. The minimum absolute atomic E-state index is 0.0128. The van der Waals surface area contributed by atoms with Gasteiger partial charge in [0, 0.05) is 32.4 Å². The quantitative estimate of drug-likeness (QED) is 0.799. The van der Waals surface area contributed by atoms with Crippen molar-refractivity contribution < 1.29 is 9.59 Å². The van der Waals surface area contributed by atoms with Crippen molar-refractivity contribution in [1.82, 2.24) is 9.80 Å². The van der Waals surface area contributed by atoms with E-state index in [1.54, 1.807) is 16.8 Å². The summed E-state index contributed by atoms with van der Waals surface area (Å²) in [6, 6.07) is 7.87. The number of hydrogen-bond acceptors (Lipinski definition) is 3. The van der Waals surface area contributed by atoms with Crippen LogP contribution in [0, 0.1) is 0 Å². The zero-order chi connectivity index (χ0) is 13.4. The molecule has 0 saturated carbocycles. The largest absolute Gasteiger partial charge is 0.384 e. The molecule has 1 aromatic rings. The van der Waals surface area contributed by atoms with Gasteiger partial charge in [-0.05, 0) is 11.6 Å². The van der Waals surface area contributed by atoms with E-state index in [0.29, 0.717) is 19.6 Å². The third-order valence-electron chi connectivity index (χ3n) is 3.90. The van der Waals surface area contributed by atoms with Crippen LogP contribution in [0.4, 0.5) is 5.69 Å². The zero-order valence-electron chi connectivity index (χ0n) is 10.9. The van der Waals surface area contributed by atoms with Gasteiger partial charge in [-0.1, -0.05) is 18.2 Å². The van der Waals surface area contributed by atoms with E-state index in [4.69, 9.17) is 0 Å². The first-order valence-corrected chi connectivity index (χ1v) is 6.52.